The molecule has 0 heterocycles. The van der Waals surface area contributed by atoms with Crippen molar-refractivity contribution in [3.8, 4) is 0 Å². The first kappa shape index (κ1) is 14.0. The third-order valence-corrected chi connectivity index (χ3v) is 5.45. The van der Waals surface area contributed by atoms with Crippen molar-refractivity contribution in [1.29, 1.82) is 0 Å². The zero-order valence-corrected chi connectivity index (χ0v) is 11.4. The fourth-order valence-electron chi connectivity index (χ4n) is 4.34. The first-order valence-electron chi connectivity index (χ1n) is 7.33. The van der Waals surface area contributed by atoms with E-state index in [1.54, 1.807) is 12.1 Å². The Balaban J connectivity index is 1.85. The van der Waals surface area contributed by atoms with Gasteiger partial charge in [-0.3, -0.25) is 0 Å². The van der Waals surface area contributed by atoms with E-state index in [9.17, 15) is 13.9 Å². The minimum atomic E-state index is -2.47. The predicted octanol–water partition coefficient (Wildman–Crippen LogP) is 3.42. The molecule has 1 aromatic rings. The van der Waals surface area contributed by atoms with E-state index in [2.05, 4.69) is 0 Å². The molecule has 0 spiro atoms. The summed E-state index contributed by atoms with van der Waals surface area (Å²) < 4.78 is 25.2. The second-order valence-corrected chi connectivity index (χ2v) is 6.39. The van der Waals surface area contributed by atoms with Crippen LogP contribution in [0.15, 0.2) is 24.3 Å². The molecule has 0 saturated heterocycles. The van der Waals surface area contributed by atoms with Gasteiger partial charge >= 0.3 is 0 Å². The van der Waals surface area contributed by atoms with Crippen LogP contribution >= 0.6 is 0 Å². The zero-order chi connectivity index (χ0) is 14.3. The van der Waals surface area contributed by atoms with Gasteiger partial charge in [0.2, 0.25) is 0 Å². The molecule has 0 aliphatic heterocycles. The molecule has 2 fully saturated rings. The van der Waals surface area contributed by atoms with Crippen molar-refractivity contribution in [2.45, 2.75) is 38.2 Å². The number of rotatable bonds is 4. The lowest BCUT2D eigenvalue weighted by atomic mass is 9.67. The molecule has 4 atom stereocenters. The van der Waals surface area contributed by atoms with Crippen molar-refractivity contribution in [2.75, 3.05) is 6.54 Å². The highest BCUT2D eigenvalue weighted by atomic mass is 19.3. The van der Waals surface area contributed by atoms with Gasteiger partial charge in [0.05, 0.1) is 6.10 Å². The molecular weight excluding hydrogens is 260 g/mol. The Morgan fingerprint density at radius 3 is 2.30 bits per heavy atom. The molecule has 0 amide bonds. The van der Waals surface area contributed by atoms with Crippen molar-refractivity contribution in [3.05, 3.63) is 35.4 Å². The largest absolute Gasteiger partial charge is 0.388 e. The van der Waals surface area contributed by atoms with E-state index < -0.39 is 12.5 Å². The average Bonchev–Trinajstić information content (AvgIpc) is 3.07. The van der Waals surface area contributed by atoms with Gasteiger partial charge in [-0.05, 0) is 36.7 Å². The highest BCUT2D eigenvalue weighted by molar-refractivity contribution is 5.27. The molecule has 20 heavy (non-hydrogen) atoms. The molecule has 2 nitrogen and oxygen atoms in total. The van der Waals surface area contributed by atoms with Gasteiger partial charge in [-0.25, -0.2) is 8.78 Å². The van der Waals surface area contributed by atoms with Crippen LogP contribution in [0.1, 0.15) is 49.3 Å². The molecule has 3 rings (SSSR count). The maximum atomic E-state index is 12.6. The van der Waals surface area contributed by atoms with Gasteiger partial charge < -0.3 is 10.8 Å². The summed E-state index contributed by atoms with van der Waals surface area (Å²) in [5.41, 5.74) is 6.45. The number of benzene rings is 1. The topological polar surface area (TPSA) is 46.2 Å². The first-order valence-corrected chi connectivity index (χ1v) is 7.33. The Kier molecular flexibility index (Phi) is 3.55. The Labute approximate surface area is 118 Å². The van der Waals surface area contributed by atoms with E-state index in [0.29, 0.717) is 23.9 Å². The quantitative estimate of drug-likeness (QED) is 0.888. The van der Waals surface area contributed by atoms with Crippen LogP contribution in [0.5, 0.6) is 0 Å². The van der Waals surface area contributed by atoms with Crippen molar-refractivity contribution >= 4 is 0 Å². The van der Waals surface area contributed by atoms with E-state index in [1.807, 2.05) is 0 Å². The Morgan fingerprint density at radius 2 is 1.85 bits per heavy atom. The molecule has 0 radical (unpaired) electrons. The summed E-state index contributed by atoms with van der Waals surface area (Å²) in [6, 6.07) is 6.05. The number of hydrogen-bond acceptors (Lipinski definition) is 2. The number of halogens is 2. The fraction of sp³-hybridized carbons (Fsp3) is 0.625. The van der Waals surface area contributed by atoms with Crippen LogP contribution < -0.4 is 5.73 Å². The fourth-order valence-corrected chi connectivity index (χ4v) is 4.34. The van der Waals surface area contributed by atoms with E-state index in [4.69, 9.17) is 5.73 Å². The van der Waals surface area contributed by atoms with Gasteiger partial charge in [0.25, 0.3) is 6.43 Å². The molecule has 2 aliphatic rings. The van der Waals surface area contributed by atoms with Gasteiger partial charge in [0.1, 0.15) is 0 Å². The monoisotopic (exact) mass is 281 g/mol. The molecule has 4 unspecified atom stereocenters. The Hall–Kier alpha value is -1.00. The lowest BCUT2D eigenvalue weighted by Gasteiger charge is -2.41. The smallest absolute Gasteiger partial charge is 0.263 e. The van der Waals surface area contributed by atoms with Crippen LogP contribution in [0, 0.1) is 17.3 Å². The van der Waals surface area contributed by atoms with Crippen LogP contribution in [-0.4, -0.2) is 11.7 Å². The minimum Gasteiger partial charge on any atom is -0.388 e. The van der Waals surface area contributed by atoms with Gasteiger partial charge in [-0.2, -0.15) is 0 Å². The molecule has 110 valence electrons. The molecular formula is C16H21F2NO. The first-order chi connectivity index (χ1) is 9.56. The van der Waals surface area contributed by atoms with Gasteiger partial charge in [0, 0.05) is 17.5 Å². The maximum Gasteiger partial charge on any atom is 0.263 e. The Bertz CT molecular complexity index is 476. The number of aliphatic hydroxyl groups excluding tert-OH is 1. The molecule has 0 aromatic heterocycles. The summed E-state index contributed by atoms with van der Waals surface area (Å²) in [5.74, 6) is 1.15. The maximum absolute atomic E-state index is 12.6. The van der Waals surface area contributed by atoms with Crippen molar-refractivity contribution in [2.24, 2.45) is 23.0 Å². The van der Waals surface area contributed by atoms with Crippen molar-refractivity contribution < 1.29 is 13.9 Å². The Morgan fingerprint density at radius 1 is 1.20 bits per heavy atom. The van der Waals surface area contributed by atoms with Gasteiger partial charge in [0.15, 0.2) is 0 Å². The number of nitrogens with two attached hydrogens (primary N) is 1. The molecule has 1 aromatic carbocycles. The van der Waals surface area contributed by atoms with Crippen LogP contribution in [0.4, 0.5) is 8.78 Å². The summed E-state index contributed by atoms with van der Waals surface area (Å²) in [4.78, 5) is 0. The average molecular weight is 281 g/mol. The predicted molar refractivity (Wildman–Crippen MR) is 73.3 cm³/mol. The van der Waals surface area contributed by atoms with Crippen LogP contribution in [0.3, 0.4) is 0 Å². The molecule has 2 bridgehead atoms. The van der Waals surface area contributed by atoms with Crippen LogP contribution in [0.2, 0.25) is 0 Å². The summed E-state index contributed by atoms with van der Waals surface area (Å²) >= 11 is 0. The van der Waals surface area contributed by atoms with Gasteiger partial charge in [-0.1, -0.05) is 30.7 Å². The van der Waals surface area contributed by atoms with E-state index in [0.717, 1.165) is 19.3 Å². The minimum absolute atomic E-state index is 0.00399. The van der Waals surface area contributed by atoms with E-state index in [-0.39, 0.29) is 11.0 Å². The third kappa shape index (κ3) is 2.06. The highest BCUT2D eigenvalue weighted by Gasteiger charge is 2.54. The molecule has 4 heteroatoms. The summed E-state index contributed by atoms with van der Waals surface area (Å²) in [5, 5.41) is 10.8. The normalized spacial score (nSPS) is 33.9. The second kappa shape index (κ2) is 5.08. The lowest BCUT2D eigenvalue weighted by Crippen LogP contribution is -2.41. The number of hydrogen-bond donors (Lipinski definition) is 2. The van der Waals surface area contributed by atoms with Gasteiger partial charge in [-0.15, -0.1) is 0 Å². The third-order valence-electron chi connectivity index (χ3n) is 5.45. The van der Waals surface area contributed by atoms with Crippen molar-refractivity contribution in [3.63, 3.8) is 0 Å². The number of fused-ring (bicyclic) bond motifs is 2. The van der Waals surface area contributed by atoms with Crippen LogP contribution in [0.25, 0.3) is 0 Å². The van der Waals surface area contributed by atoms with Crippen LogP contribution in [-0.2, 0) is 0 Å². The standard InChI is InChI=1S/C16H21F2NO/c17-15(18)12-4-2-11(3-5-12)14(20)16(9-19)8-10-1-6-13(16)7-10/h2-5,10,13-15,20H,1,6-9,19H2. The molecule has 2 saturated carbocycles. The zero-order valence-electron chi connectivity index (χ0n) is 11.4. The number of alkyl halides is 2. The second-order valence-electron chi connectivity index (χ2n) is 6.39. The van der Waals surface area contributed by atoms with Crippen molar-refractivity contribution in [1.82, 2.24) is 0 Å². The number of aliphatic hydroxyl groups is 1. The summed E-state index contributed by atoms with van der Waals surface area (Å²) in [6.45, 7) is 0.464. The summed E-state index contributed by atoms with van der Waals surface area (Å²) in [7, 11) is 0. The SMILES string of the molecule is NCC1(C(O)c2ccc(C(F)F)cc2)CC2CCC1C2. The highest BCUT2D eigenvalue weighted by Crippen LogP contribution is 2.60. The molecule has 3 N–H and O–H groups in total. The summed E-state index contributed by atoms with van der Waals surface area (Å²) in [6.07, 6.45) is 1.38. The van der Waals surface area contributed by atoms with E-state index in [1.165, 1.54) is 18.6 Å². The van der Waals surface area contributed by atoms with E-state index >= 15 is 0 Å². The molecule has 2 aliphatic carbocycles. The lowest BCUT2D eigenvalue weighted by molar-refractivity contribution is -0.0130.